The number of thioether (sulfide) groups is 1. The minimum atomic E-state index is 0.273. The van der Waals surface area contributed by atoms with Crippen molar-refractivity contribution in [2.24, 2.45) is 0 Å². The lowest BCUT2D eigenvalue weighted by molar-refractivity contribution is 0.238. The van der Waals surface area contributed by atoms with Gasteiger partial charge in [-0.2, -0.15) is 0 Å². The van der Waals surface area contributed by atoms with E-state index in [2.05, 4.69) is 77.2 Å². The molecule has 1 saturated heterocycles. The fraction of sp³-hybridized carbons (Fsp3) is 0.333. The predicted molar refractivity (Wildman–Crippen MR) is 121 cm³/mol. The van der Waals surface area contributed by atoms with Gasteiger partial charge in [-0.15, -0.1) is 23.1 Å². The lowest BCUT2D eigenvalue weighted by atomic mass is 9.90. The molecule has 0 spiro atoms. The molecular formula is C24H27NOS2. The van der Waals surface area contributed by atoms with Gasteiger partial charge in [-0.25, -0.2) is 0 Å². The van der Waals surface area contributed by atoms with Crippen LogP contribution in [0.5, 0.6) is 5.75 Å². The highest BCUT2D eigenvalue weighted by Crippen LogP contribution is 2.36. The molecule has 2 aromatic carbocycles. The van der Waals surface area contributed by atoms with Gasteiger partial charge in [0.2, 0.25) is 0 Å². The van der Waals surface area contributed by atoms with Crippen molar-refractivity contribution in [1.29, 1.82) is 0 Å². The Morgan fingerprint density at radius 3 is 2.25 bits per heavy atom. The normalized spacial score (nSPS) is 15.6. The molecule has 0 aliphatic carbocycles. The Bertz CT molecular complexity index is 837. The topological polar surface area (TPSA) is 12.5 Å². The van der Waals surface area contributed by atoms with Crippen molar-refractivity contribution in [1.82, 2.24) is 4.90 Å². The molecule has 1 fully saturated rings. The Morgan fingerprint density at radius 1 is 0.964 bits per heavy atom. The summed E-state index contributed by atoms with van der Waals surface area (Å²) in [5.74, 6) is 1.24. The quantitative estimate of drug-likeness (QED) is 0.416. The summed E-state index contributed by atoms with van der Waals surface area (Å²) in [5.41, 5.74) is 2.65. The van der Waals surface area contributed by atoms with Crippen LogP contribution in [0.3, 0.4) is 0 Å². The smallest absolute Gasteiger partial charge is 0.119 e. The molecule has 0 saturated carbocycles. The van der Waals surface area contributed by atoms with E-state index in [1.54, 1.807) is 11.8 Å². The summed E-state index contributed by atoms with van der Waals surface area (Å²) in [5, 5.41) is 2.16. The molecule has 2 nitrogen and oxygen atoms in total. The van der Waals surface area contributed by atoms with Gasteiger partial charge >= 0.3 is 0 Å². The highest BCUT2D eigenvalue weighted by molar-refractivity contribution is 7.98. The Morgan fingerprint density at radius 2 is 1.64 bits per heavy atom. The van der Waals surface area contributed by atoms with Crippen molar-refractivity contribution >= 4 is 23.1 Å². The van der Waals surface area contributed by atoms with Crippen LogP contribution in [-0.4, -0.2) is 37.4 Å². The van der Waals surface area contributed by atoms with E-state index in [9.17, 15) is 0 Å². The standard InChI is InChI=1S/C24H27NOS2/c1-27-22-12-8-20(9-13-22)24(23-5-4-18-28-23)19-6-10-21(11-7-19)26-17-16-25-14-2-3-15-25/h4-13,18,24H,2-3,14-17H2,1H3. The van der Waals surface area contributed by atoms with Crippen LogP contribution >= 0.6 is 23.1 Å². The molecular weight excluding hydrogens is 382 g/mol. The largest absolute Gasteiger partial charge is 0.492 e. The molecule has 4 rings (SSSR count). The number of hydrogen-bond acceptors (Lipinski definition) is 4. The van der Waals surface area contributed by atoms with Gasteiger partial charge in [-0.1, -0.05) is 30.3 Å². The first-order chi connectivity index (χ1) is 13.8. The number of nitrogens with zero attached hydrogens (tertiary/aromatic N) is 1. The molecule has 1 aliphatic heterocycles. The predicted octanol–water partition coefficient (Wildman–Crippen LogP) is 6.12. The summed E-state index contributed by atoms with van der Waals surface area (Å²) in [6.45, 7) is 4.24. The molecule has 28 heavy (non-hydrogen) atoms. The van der Waals surface area contributed by atoms with E-state index < -0.39 is 0 Å². The van der Waals surface area contributed by atoms with E-state index in [0.717, 1.165) is 18.9 Å². The molecule has 3 aromatic rings. The third kappa shape index (κ3) is 4.80. The van der Waals surface area contributed by atoms with E-state index >= 15 is 0 Å². The number of hydrogen-bond donors (Lipinski definition) is 0. The number of ether oxygens (including phenoxy) is 1. The van der Waals surface area contributed by atoms with E-state index in [4.69, 9.17) is 4.74 Å². The first-order valence-corrected chi connectivity index (χ1v) is 12.1. The Labute approximate surface area is 176 Å². The highest BCUT2D eigenvalue weighted by Gasteiger charge is 2.18. The minimum Gasteiger partial charge on any atom is -0.492 e. The summed E-state index contributed by atoms with van der Waals surface area (Å²) in [4.78, 5) is 5.16. The first-order valence-electron chi connectivity index (χ1n) is 9.96. The average molecular weight is 410 g/mol. The average Bonchev–Trinajstić information content (AvgIpc) is 3.44. The Balaban J connectivity index is 1.48. The maximum atomic E-state index is 5.99. The SMILES string of the molecule is CSc1ccc(C(c2ccc(OCCN3CCCC3)cc2)c2cccs2)cc1. The number of likely N-dealkylation sites (tertiary alicyclic amines) is 1. The number of rotatable bonds is 8. The maximum Gasteiger partial charge on any atom is 0.119 e. The van der Waals surface area contributed by atoms with Crippen molar-refractivity contribution in [3.05, 3.63) is 82.0 Å². The Hall–Kier alpha value is -1.75. The lowest BCUT2D eigenvalue weighted by Crippen LogP contribution is -2.25. The van der Waals surface area contributed by atoms with Crippen LogP contribution in [-0.2, 0) is 0 Å². The molecule has 1 aliphatic rings. The van der Waals surface area contributed by atoms with Gasteiger partial charge in [0.25, 0.3) is 0 Å². The van der Waals surface area contributed by atoms with Gasteiger partial charge in [0.15, 0.2) is 0 Å². The molecule has 0 N–H and O–H groups in total. The first kappa shape index (κ1) is 19.6. The third-order valence-corrected chi connectivity index (χ3v) is 7.05. The number of benzene rings is 2. The summed E-state index contributed by atoms with van der Waals surface area (Å²) in [6, 6.07) is 22.0. The van der Waals surface area contributed by atoms with Gasteiger partial charge in [0.05, 0.1) is 0 Å². The van der Waals surface area contributed by atoms with Crippen molar-refractivity contribution in [2.45, 2.75) is 23.7 Å². The molecule has 146 valence electrons. The molecule has 1 atom stereocenters. The lowest BCUT2D eigenvalue weighted by Gasteiger charge is -2.18. The molecule has 1 unspecified atom stereocenters. The molecule has 0 radical (unpaired) electrons. The van der Waals surface area contributed by atoms with E-state index in [1.807, 2.05) is 11.3 Å². The molecule has 1 aromatic heterocycles. The highest BCUT2D eigenvalue weighted by atomic mass is 32.2. The zero-order valence-electron chi connectivity index (χ0n) is 16.3. The van der Waals surface area contributed by atoms with Gasteiger partial charge in [0.1, 0.15) is 12.4 Å². The van der Waals surface area contributed by atoms with Gasteiger partial charge in [0, 0.05) is 22.2 Å². The third-order valence-electron chi connectivity index (χ3n) is 5.37. The molecule has 0 bridgehead atoms. The van der Waals surface area contributed by atoms with Gasteiger partial charge in [-0.05, 0) is 79.0 Å². The maximum absolute atomic E-state index is 5.99. The van der Waals surface area contributed by atoms with Crippen LogP contribution < -0.4 is 4.74 Å². The van der Waals surface area contributed by atoms with Crippen molar-refractivity contribution in [3.8, 4) is 5.75 Å². The molecule has 4 heteroatoms. The Kier molecular flexibility index (Phi) is 6.73. The zero-order chi connectivity index (χ0) is 19.2. The number of thiophene rings is 1. The van der Waals surface area contributed by atoms with E-state index in [1.165, 1.54) is 46.8 Å². The monoisotopic (exact) mass is 409 g/mol. The van der Waals surface area contributed by atoms with Crippen molar-refractivity contribution in [2.75, 3.05) is 32.5 Å². The summed E-state index contributed by atoms with van der Waals surface area (Å²) < 4.78 is 5.99. The van der Waals surface area contributed by atoms with Crippen LogP contribution in [0.2, 0.25) is 0 Å². The van der Waals surface area contributed by atoms with Crippen LogP contribution in [0.1, 0.15) is 34.8 Å². The van der Waals surface area contributed by atoms with Crippen LogP contribution in [0, 0.1) is 0 Å². The second kappa shape index (κ2) is 9.64. The van der Waals surface area contributed by atoms with Crippen LogP contribution in [0.25, 0.3) is 0 Å². The fourth-order valence-corrected chi connectivity index (χ4v) is 5.12. The van der Waals surface area contributed by atoms with E-state index in [-0.39, 0.29) is 5.92 Å². The molecule has 2 heterocycles. The van der Waals surface area contributed by atoms with Crippen LogP contribution in [0.4, 0.5) is 0 Å². The van der Waals surface area contributed by atoms with Crippen LogP contribution in [0.15, 0.2) is 70.9 Å². The van der Waals surface area contributed by atoms with Crippen molar-refractivity contribution in [3.63, 3.8) is 0 Å². The summed E-state index contributed by atoms with van der Waals surface area (Å²) >= 11 is 3.60. The fourth-order valence-electron chi connectivity index (χ4n) is 3.83. The summed E-state index contributed by atoms with van der Waals surface area (Å²) in [6.07, 6.45) is 4.78. The summed E-state index contributed by atoms with van der Waals surface area (Å²) in [7, 11) is 0. The zero-order valence-corrected chi connectivity index (χ0v) is 18.0. The van der Waals surface area contributed by atoms with Gasteiger partial charge in [-0.3, -0.25) is 4.90 Å². The second-order valence-corrected chi connectivity index (χ2v) is 9.05. The van der Waals surface area contributed by atoms with E-state index in [0.29, 0.717) is 0 Å². The van der Waals surface area contributed by atoms with Crippen molar-refractivity contribution < 1.29 is 4.74 Å². The second-order valence-electron chi connectivity index (χ2n) is 7.19. The minimum absolute atomic E-state index is 0.273. The van der Waals surface area contributed by atoms with Gasteiger partial charge < -0.3 is 4.74 Å². The molecule has 0 amide bonds.